The number of nitrogens with zero attached hydrogens (tertiary/aromatic N) is 1. The van der Waals surface area contributed by atoms with Crippen LogP contribution >= 0.6 is 0 Å². The van der Waals surface area contributed by atoms with Crippen LogP contribution in [0.3, 0.4) is 0 Å². The predicted molar refractivity (Wildman–Crippen MR) is 124 cm³/mol. The molecule has 0 aliphatic carbocycles. The van der Waals surface area contributed by atoms with E-state index in [1.165, 1.54) is 24.3 Å². The molecule has 3 atom stereocenters. The Morgan fingerprint density at radius 2 is 1.63 bits per heavy atom. The molecule has 11 nitrogen and oxygen atoms in total. The molecule has 35 heavy (non-hydrogen) atoms. The van der Waals surface area contributed by atoms with Crippen molar-refractivity contribution in [3.63, 3.8) is 0 Å². The zero-order valence-corrected chi connectivity index (χ0v) is 19.9. The number of benzene rings is 2. The summed E-state index contributed by atoms with van der Waals surface area (Å²) in [5, 5.41) is 14.0. The van der Waals surface area contributed by atoms with Crippen LogP contribution in [0.25, 0.3) is 0 Å². The Morgan fingerprint density at radius 1 is 1.00 bits per heavy atom. The second-order valence-electron chi connectivity index (χ2n) is 8.87. The van der Waals surface area contributed by atoms with Crippen LogP contribution in [0.15, 0.2) is 48.5 Å². The number of nitrogens with one attached hydrogen (secondary N) is 1. The summed E-state index contributed by atoms with van der Waals surface area (Å²) in [4.78, 5) is 35.0. The van der Waals surface area contributed by atoms with Crippen LogP contribution in [0.1, 0.15) is 26.3 Å². The minimum absolute atomic E-state index is 0.0721. The number of nitro benzene ring substituents is 1. The van der Waals surface area contributed by atoms with Crippen LogP contribution in [0.4, 0.5) is 15.3 Å². The zero-order valence-electron chi connectivity index (χ0n) is 19.9. The van der Waals surface area contributed by atoms with E-state index < -0.39 is 35.0 Å². The minimum atomic E-state index is -1.04. The highest BCUT2D eigenvalue weighted by molar-refractivity contribution is 5.65. The van der Waals surface area contributed by atoms with Crippen molar-refractivity contribution >= 4 is 18.0 Å². The van der Waals surface area contributed by atoms with Crippen molar-refractivity contribution in [2.75, 3.05) is 13.7 Å². The van der Waals surface area contributed by atoms with Gasteiger partial charge in [0, 0.05) is 18.7 Å². The maximum Gasteiger partial charge on any atom is 0.514 e. The van der Waals surface area contributed by atoms with Crippen molar-refractivity contribution in [1.82, 2.24) is 5.32 Å². The average Bonchev–Trinajstić information content (AvgIpc) is 3.13. The zero-order chi connectivity index (χ0) is 25.6. The third-order valence-corrected chi connectivity index (χ3v) is 5.08. The topological polar surface area (TPSA) is 135 Å². The highest BCUT2D eigenvalue weighted by Crippen LogP contribution is 2.24. The van der Waals surface area contributed by atoms with E-state index in [4.69, 9.17) is 23.7 Å². The first-order valence-electron chi connectivity index (χ1n) is 10.9. The van der Waals surface area contributed by atoms with Crippen LogP contribution in [0.2, 0.25) is 0 Å². The first kappa shape index (κ1) is 25.8. The molecule has 11 heteroatoms. The molecule has 0 bridgehead atoms. The van der Waals surface area contributed by atoms with Crippen molar-refractivity contribution < 1.29 is 38.2 Å². The van der Waals surface area contributed by atoms with Crippen LogP contribution in [-0.2, 0) is 20.6 Å². The predicted octanol–water partition coefficient (Wildman–Crippen LogP) is 4.02. The van der Waals surface area contributed by atoms with Crippen LogP contribution in [0.5, 0.6) is 11.5 Å². The average molecular weight is 488 g/mol. The van der Waals surface area contributed by atoms with Crippen LogP contribution in [-0.4, -0.2) is 54.7 Å². The Hall–Kier alpha value is -3.86. The van der Waals surface area contributed by atoms with Gasteiger partial charge in [0.25, 0.3) is 5.69 Å². The van der Waals surface area contributed by atoms with E-state index >= 15 is 0 Å². The number of carbonyl (C=O) groups is 2. The summed E-state index contributed by atoms with van der Waals surface area (Å²) in [6.45, 7) is 5.37. The van der Waals surface area contributed by atoms with Gasteiger partial charge in [0.15, 0.2) is 12.2 Å². The van der Waals surface area contributed by atoms with Crippen molar-refractivity contribution in [2.45, 2.75) is 51.0 Å². The molecule has 1 fully saturated rings. The van der Waals surface area contributed by atoms with Gasteiger partial charge in [-0.15, -0.1) is 0 Å². The molecule has 1 aliphatic heterocycles. The lowest BCUT2D eigenvalue weighted by atomic mass is 10.0. The number of rotatable bonds is 7. The van der Waals surface area contributed by atoms with Gasteiger partial charge < -0.3 is 29.0 Å². The first-order chi connectivity index (χ1) is 16.5. The molecule has 1 aliphatic rings. The molecule has 188 valence electrons. The highest BCUT2D eigenvalue weighted by Gasteiger charge is 2.42. The Morgan fingerprint density at radius 3 is 2.20 bits per heavy atom. The first-order valence-corrected chi connectivity index (χ1v) is 10.9. The molecular formula is C24H28N2O9. The van der Waals surface area contributed by atoms with Gasteiger partial charge in [0.1, 0.15) is 17.1 Å². The fourth-order valence-corrected chi connectivity index (χ4v) is 3.49. The van der Waals surface area contributed by atoms with Gasteiger partial charge in [0.05, 0.1) is 18.1 Å². The molecular weight excluding hydrogens is 460 g/mol. The van der Waals surface area contributed by atoms with E-state index in [2.05, 4.69) is 5.32 Å². The van der Waals surface area contributed by atoms with Crippen molar-refractivity contribution in [3.05, 3.63) is 64.2 Å². The van der Waals surface area contributed by atoms with Gasteiger partial charge in [-0.1, -0.05) is 12.1 Å². The molecule has 0 saturated carbocycles. The van der Waals surface area contributed by atoms with Gasteiger partial charge in [-0.3, -0.25) is 10.1 Å². The normalized spacial score (nSPS) is 19.5. The van der Waals surface area contributed by atoms with Gasteiger partial charge in [-0.05, 0) is 57.0 Å². The third kappa shape index (κ3) is 7.57. The molecule has 2 aromatic rings. The molecule has 1 N–H and O–H groups in total. The maximum atomic E-state index is 12.5. The van der Waals surface area contributed by atoms with E-state index in [0.29, 0.717) is 12.2 Å². The molecule has 2 aromatic carbocycles. The Kier molecular flexibility index (Phi) is 8.13. The molecule has 0 radical (unpaired) electrons. The second-order valence-corrected chi connectivity index (χ2v) is 8.87. The van der Waals surface area contributed by atoms with Crippen LogP contribution in [0, 0.1) is 10.1 Å². The molecule has 0 amide bonds. The smallest absolute Gasteiger partial charge is 0.497 e. The number of hydrogen-bond donors (Lipinski definition) is 1. The molecule has 0 unspecified atom stereocenters. The summed E-state index contributed by atoms with van der Waals surface area (Å²) >= 11 is 0. The Balaban J connectivity index is 1.71. The fourth-order valence-electron chi connectivity index (χ4n) is 3.49. The summed E-state index contributed by atoms with van der Waals surface area (Å²) in [7, 11) is 1.58. The van der Waals surface area contributed by atoms with E-state index in [0.717, 1.165) is 5.56 Å². The Labute approximate surface area is 202 Å². The number of methoxy groups -OCH3 is 1. The largest absolute Gasteiger partial charge is 0.514 e. The monoisotopic (exact) mass is 488 g/mol. The van der Waals surface area contributed by atoms with E-state index in [-0.39, 0.29) is 24.0 Å². The lowest BCUT2D eigenvalue weighted by Crippen LogP contribution is -2.41. The van der Waals surface area contributed by atoms with Crippen LogP contribution < -0.4 is 14.8 Å². The summed E-state index contributed by atoms with van der Waals surface area (Å²) < 4.78 is 26.6. The van der Waals surface area contributed by atoms with Crippen molar-refractivity contribution in [1.29, 1.82) is 0 Å². The molecule has 1 saturated heterocycles. The van der Waals surface area contributed by atoms with Gasteiger partial charge in [-0.25, -0.2) is 9.59 Å². The number of non-ortho nitro benzene ring substituents is 1. The van der Waals surface area contributed by atoms with Gasteiger partial charge in [0.2, 0.25) is 0 Å². The summed E-state index contributed by atoms with van der Waals surface area (Å²) in [6.07, 6.45) is -3.15. The van der Waals surface area contributed by atoms with Gasteiger partial charge in [-0.2, -0.15) is 0 Å². The van der Waals surface area contributed by atoms with Gasteiger partial charge >= 0.3 is 12.3 Å². The van der Waals surface area contributed by atoms with Crippen molar-refractivity contribution in [2.24, 2.45) is 0 Å². The van der Waals surface area contributed by atoms with E-state index in [1.54, 1.807) is 27.9 Å². The quantitative estimate of drug-likeness (QED) is 0.263. The number of nitro groups is 1. The standard InChI is InChI=1S/C24H28N2O9/c1-24(2,3)35-23(28)33-20-14-25-19(13-15-5-9-17(31-4)10-6-15)21(20)34-22(27)32-18-11-7-16(8-12-18)26(29)30/h5-12,19-21,25H,13-14H2,1-4H3/t19-,20+,21+/m1/s1. The maximum absolute atomic E-state index is 12.5. The molecule has 0 aromatic heterocycles. The molecule has 0 spiro atoms. The number of ether oxygens (including phenoxy) is 5. The van der Waals surface area contributed by atoms with E-state index in [1.807, 2.05) is 24.3 Å². The number of carbonyl (C=O) groups excluding carboxylic acids is 2. The SMILES string of the molecule is COc1ccc(C[C@H]2NC[C@H](OC(=O)OC(C)(C)C)[C@H]2OC(=O)Oc2ccc([N+](=O)[O-])cc2)cc1. The molecule has 3 rings (SSSR count). The van der Waals surface area contributed by atoms with Crippen molar-refractivity contribution in [3.8, 4) is 11.5 Å². The summed E-state index contributed by atoms with van der Waals surface area (Å²) in [5.41, 5.74) is 0.0474. The Bertz CT molecular complexity index is 1030. The second kappa shape index (κ2) is 11.0. The lowest BCUT2D eigenvalue weighted by Gasteiger charge is -2.25. The fraction of sp³-hybridized carbons (Fsp3) is 0.417. The summed E-state index contributed by atoms with van der Waals surface area (Å²) in [5.74, 6) is 0.779. The lowest BCUT2D eigenvalue weighted by molar-refractivity contribution is -0.384. The van der Waals surface area contributed by atoms with E-state index in [9.17, 15) is 19.7 Å². The minimum Gasteiger partial charge on any atom is -0.497 e. The molecule has 1 heterocycles. The number of hydrogen-bond acceptors (Lipinski definition) is 10. The highest BCUT2D eigenvalue weighted by atomic mass is 16.8. The summed E-state index contributed by atoms with van der Waals surface area (Å²) in [6, 6.07) is 12.0. The third-order valence-electron chi connectivity index (χ3n) is 5.08.